The summed E-state index contributed by atoms with van der Waals surface area (Å²) in [6.07, 6.45) is 0. The minimum absolute atomic E-state index is 0.0268. The molecule has 2 heterocycles. The quantitative estimate of drug-likeness (QED) is 0.749. The van der Waals surface area contributed by atoms with Gasteiger partial charge in [0.1, 0.15) is 0 Å². The lowest BCUT2D eigenvalue weighted by molar-refractivity contribution is 0.239. The monoisotopic (exact) mass is 227 g/mol. The van der Waals surface area contributed by atoms with E-state index in [9.17, 15) is 4.79 Å². The number of nitrogens with one attached hydrogen (secondary N) is 2. The Kier molecular flexibility index (Phi) is 2.21. The SMILES string of the molecule is CC1=C2C(c3ccccc3)=NCC2NC(=O)N1. The molecule has 1 aromatic rings. The molecule has 86 valence electrons. The highest BCUT2D eigenvalue weighted by molar-refractivity contribution is 6.16. The molecule has 17 heavy (non-hydrogen) atoms. The summed E-state index contributed by atoms with van der Waals surface area (Å²) < 4.78 is 0. The Balaban J connectivity index is 2.04. The summed E-state index contributed by atoms with van der Waals surface area (Å²) in [5, 5.41) is 5.69. The van der Waals surface area contributed by atoms with E-state index in [2.05, 4.69) is 15.6 Å². The average Bonchev–Trinajstić information content (AvgIpc) is 2.74. The summed E-state index contributed by atoms with van der Waals surface area (Å²) in [5.74, 6) is 0. The molecule has 1 aromatic carbocycles. The summed E-state index contributed by atoms with van der Waals surface area (Å²) in [4.78, 5) is 15.9. The molecule has 0 bridgehead atoms. The number of carbonyl (C=O) groups excluding carboxylic acids is 1. The van der Waals surface area contributed by atoms with E-state index in [1.807, 2.05) is 37.3 Å². The summed E-state index contributed by atoms with van der Waals surface area (Å²) >= 11 is 0. The lowest BCUT2D eigenvalue weighted by Gasteiger charge is -2.24. The molecular weight excluding hydrogens is 214 g/mol. The minimum Gasteiger partial charge on any atom is -0.329 e. The Morgan fingerprint density at radius 2 is 2.06 bits per heavy atom. The van der Waals surface area contributed by atoms with Gasteiger partial charge in [-0.2, -0.15) is 0 Å². The van der Waals surface area contributed by atoms with Crippen molar-refractivity contribution in [1.29, 1.82) is 0 Å². The van der Waals surface area contributed by atoms with Crippen molar-refractivity contribution in [2.24, 2.45) is 4.99 Å². The Hall–Kier alpha value is -2.10. The number of nitrogens with zero attached hydrogens (tertiary/aromatic N) is 1. The summed E-state index contributed by atoms with van der Waals surface area (Å²) in [5.41, 5.74) is 4.09. The Morgan fingerprint density at radius 1 is 1.29 bits per heavy atom. The van der Waals surface area contributed by atoms with Gasteiger partial charge in [-0.1, -0.05) is 30.3 Å². The van der Waals surface area contributed by atoms with Crippen molar-refractivity contribution in [3.63, 3.8) is 0 Å². The van der Waals surface area contributed by atoms with Gasteiger partial charge < -0.3 is 10.6 Å². The highest BCUT2D eigenvalue weighted by Gasteiger charge is 2.32. The highest BCUT2D eigenvalue weighted by Crippen LogP contribution is 2.24. The molecule has 1 unspecified atom stereocenters. The molecular formula is C13H13N3O. The van der Waals surface area contributed by atoms with Crippen molar-refractivity contribution < 1.29 is 4.79 Å². The van der Waals surface area contributed by atoms with Crippen LogP contribution in [0.1, 0.15) is 12.5 Å². The molecule has 0 aliphatic carbocycles. The molecule has 2 aliphatic heterocycles. The van der Waals surface area contributed by atoms with Crippen molar-refractivity contribution in [2.45, 2.75) is 13.0 Å². The molecule has 0 aromatic heterocycles. The Morgan fingerprint density at radius 3 is 2.82 bits per heavy atom. The normalized spacial score (nSPS) is 22.8. The molecule has 0 radical (unpaired) electrons. The number of urea groups is 1. The van der Waals surface area contributed by atoms with E-state index in [4.69, 9.17) is 0 Å². The summed E-state index contributed by atoms with van der Waals surface area (Å²) in [6.45, 7) is 2.55. The zero-order valence-electron chi connectivity index (χ0n) is 9.53. The number of amides is 2. The van der Waals surface area contributed by atoms with Crippen LogP contribution in [0.2, 0.25) is 0 Å². The molecule has 3 rings (SSSR count). The first kappa shape index (κ1) is 10.1. The molecule has 0 spiro atoms. The van der Waals surface area contributed by atoms with Gasteiger partial charge in [0, 0.05) is 16.8 Å². The molecule has 2 amide bonds. The second kappa shape index (κ2) is 3.73. The van der Waals surface area contributed by atoms with Crippen LogP contribution in [-0.2, 0) is 0 Å². The van der Waals surface area contributed by atoms with Crippen molar-refractivity contribution in [3.05, 3.63) is 47.2 Å². The topological polar surface area (TPSA) is 53.5 Å². The van der Waals surface area contributed by atoms with Gasteiger partial charge in [0.05, 0.1) is 18.3 Å². The van der Waals surface area contributed by atoms with Gasteiger partial charge in [0.15, 0.2) is 0 Å². The third-order valence-corrected chi connectivity index (χ3v) is 3.09. The number of fused-ring (bicyclic) bond motifs is 1. The van der Waals surface area contributed by atoms with Crippen LogP contribution in [0.3, 0.4) is 0 Å². The van der Waals surface area contributed by atoms with Gasteiger partial charge in [-0.15, -0.1) is 0 Å². The maximum absolute atomic E-state index is 11.4. The predicted octanol–water partition coefficient (Wildman–Crippen LogP) is 1.44. The van der Waals surface area contributed by atoms with Crippen LogP contribution < -0.4 is 10.6 Å². The van der Waals surface area contributed by atoms with Gasteiger partial charge in [0.25, 0.3) is 0 Å². The third kappa shape index (κ3) is 1.62. The van der Waals surface area contributed by atoms with Crippen LogP contribution in [0.15, 0.2) is 46.6 Å². The number of benzene rings is 1. The lowest BCUT2D eigenvalue weighted by Crippen LogP contribution is -2.48. The van der Waals surface area contributed by atoms with Gasteiger partial charge in [-0.05, 0) is 6.92 Å². The van der Waals surface area contributed by atoms with Crippen molar-refractivity contribution in [1.82, 2.24) is 10.6 Å². The van der Waals surface area contributed by atoms with Crippen LogP contribution in [-0.4, -0.2) is 24.3 Å². The van der Waals surface area contributed by atoms with Gasteiger partial charge >= 0.3 is 6.03 Å². The van der Waals surface area contributed by atoms with Crippen LogP contribution in [0.5, 0.6) is 0 Å². The third-order valence-electron chi connectivity index (χ3n) is 3.09. The molecule has 0 saturated heterocycles. The molecule has 2 N–H and O–H groups in total. The summed E-state index contributed by atoms with van der Waals surface area (Å²) in [6, 6.07) is 9.94. The predicted molar refractivity (Wildman–Crippen MR) is 66.0 cm³/mol. The van der Waals surface area contributed by atoms with E-state index in [-0.39, 0.29) is 12.1 Å². The second-order valence-electron chi connectivity index (χ2n) is 4.25. The second-order valence-corrected chi connectivity index (χ2v) is 4.25. The lowest BCUT2D eigenvalue weighted by atomic mass is 9.96. The van der Waals surface area contributed by atoms with Crippen molar-refractivity contribution >= 4 is 11.7 Å². The largest absolute Gasteiger partial charge is 0.329 e. The fourth-order valence-electron chi connectivity index (χ4n) is 2.36. The molecule has 0 fully saturated rings. The number of rotatable bonds is 1. The fraction of sp³-hybridized carbons (Fsp3) is 0.231. The summed E-state index contributed by atoms with van der Waals surface area (Å²) in [7, 11) is 0. The molecule has 1 atom stereocenters. The van der Waals surface area contributed by atoms with Crippen LogP contribution >= 0.6 is 0 Å². The van der Waals surface area contributed by atoms with Crippen LogP contribution in [0.25, 0.3) is 0 Å². The molecule has 2 aliphatic rings. The number of hydrogen-bond acceptors (Lipinski definition) is 2. The van der Waals surface area contributed by atoms with Gasteiger partial charge in [-0.3, -0.25) is 4.99 Å². The van der Waals surface area contributed by atoms with Crippen LogP contribution in [0.4, 0.5) is 4.79 Å². The molecule has 4 nitrogen and oxygen atoms in total. The first-order valence-corrected chi connectivity index (χ1v) is 5.64. The van der Waals surface area contributed by atoms with Gasteiger partial charge in [-0.25, -0.2) is 4.79 Å². The Labute approximate surface area is 99.4 Å². The van der Waals surface area contributed by atoms with Gasteiger partial charge in [0.2, 0.25) is 0 Å². The highest BCUT2D eigenvalue weighted by atomic mass is 16.2. The zero-order chi connectivity index (χ0) is 11.8. The van der Waals surface area contributed by atoms with E-state index in [1.54, 1.807) is 0 Å². The number of allylic oxidation sites excluding steroid dienone is 1. The maximum atomic E-state index is 11.4. The fourth-order valence-corrected chi connectivity index (χ4v) is 2.36. The van der Waals surface area contributed by atoms with Crippen molar-refractivity contribution in [3.8, 4) is 0 Å². The van der Waals surface area contributed by atoms with E-state index in [1.165, 1.54) is 0 Å². The van der Waals surface area contributed by atoms with E-state index < -0.39 is 0 Å². The Bertz CT molecular complexity index is 531. The first-order valence-electron chi connectivity index (χ1n) is 5.64. The number of carbonyl (C=O) groups is 1. The minimum atomic E-state index is -0.138. The maximum Gasteiger partial charge on any atom is 0.319 e. The van der Waals surface area contributed by atoms with Crippen LogP contribution in [0, 0.1) is 0 Å². The zero-order valence-corrected chi connectivity index (χ0v) is 9.53. The van der Waals surface area contributed by atoms with E-state index in [0.29, 0.717) is 6.54 Å². The van der Waals surface area contributed by atoms with E-state index in [0.717, 1.165) is 22.5 Å². The average molecular weight is 227 g/mol. The van der Waals surface area contributed by atoms with Crippen molar-refractivity contribution in [2.75, 3.05) is 6.54 Å². The smallest absolute Gasteiger partial charge is 0.319 e. The molecule has 0 saturated carbocycles. The number of aliphatic imine (C=N–C) groups is 1. The standard InChI is InChI=1S/C13H13N3O/c1-8-11-10(16-13(17)15-8)7-14-12(11)9-5-3-2-4-6-9/h2-6,10H,7H2,1H3,(H2,15,16,17). The molecule has 4 heteroatoms. The van der Waals surface area contributed by atoms with E-state index >= 15 is 0 Å². The number of hydrogen-bond donors (Lipinski definition) is 2. The first-order chi connectivity index (χ1) is 8.25.